The van der Waals surface area contributed by atoms with Gasteiger partial charge in [0.15, 0.2) is 6.10 Å². The normalized spacial score (nSPS) is 17.2. The van der Waals surface area contributed by atoms with E-state index in [1.54, 1.807) is 28.9 Å². The molecule has 3 aromatic rings. The fourth-order valence-electron chi connectivity index (χ4n) is 5.48. The number of nitrogens with zero attached hydrogens (tertiary/aromatic N) is 4. The van der Waals surface area contributed by atoms with Crippen LogP contribution in [0, 0.1) is 11.8 Å². The average Bonchev–Trinajstić information content (AvgIpc) is 3.49. The van der Waals surface area contributed by atoms with Gasteiger partial charge in [0.25, 0.3) is 5.91 Å². The molecule has 1 atom stereocenters. The molecule has 10 nitrogen and oxygen atoms in total. The molecule has 1 unspecified atom stereocenters. The zero-order valence-electron chi connectivity index (χ0n) is 23.2. The van der Waals surface area contributed by atoms with Gasteiger partial charge in [-0.15, -0.1) is 0 Å². The number of hydrogen-bond acceptors (Lipinski definition) is 7. The van der Waals surface area contributed by atoms with E-state index in [4.69, 9.17) is 9.26 Å². The summed E-state index contributed by atoms with van der Waals surface area (Å²) < 4.78 is 12.5. The lowest BCUT2D eigenvalue weighted by Gasteiger charge is -2.32. The molecule has 222 valence electrons. The molecule has 2 fully saturated rings. The maximum atomic E-state index is 13.1. The van der Waals surface area contributed by atoms with Gasteiger partial charge in [0.2, 0.25) is 5.82 Å². The maximum absolute atomic E-state index is 13.1. The molecule has 42 heavy (non-hydrogen) atoms. The van der Waals surface area contributed by atoms with Crippen molar-refractivity contribution in [2.75, 3.05) is 26.2 Å². The molecule has 1 aromatic heterocycles. The molecule has 1 N–H and O–H groups in total. The van der Waals surface area contributed by atoms with Crippen molar-refractivity contribution in [3.63, 3.8) is 0 Å². The van der Waals surface area contributed by atoms with Crippen LogP contribution in [0.2, 0.25) is 0 Å². The minimum atomic E-state index is -0.823. The van der Waals surface area contributed by atoms with E-state index in [0.717, 1.165) is 19.3 Å². The number of rotatable bonds is 8. The van der Waals surface area contributed by atoms with E-state index in [-0.39, 0.29) is 23.5 Å². The van der Waals surface area contributed by atoms with Crippen molar-refractivity contribution in [1.82, 2.24) is 19.9 Å². The second kappa shape index (κ2) is 13.4. The van der Waals surface area contributed by atoms with E-state index in [2.05, 4.69) is 66.3 Å². The Morgan fingerprint density at radius 3 is 2.24 bits per heavy atom. The van der Waals surface area contributed by atoms with E-state index in [9.17, 15) is 19.5 Å². The highest BCUT2D eigenvalue weighted by Gasteiger charge is 2.31. The third-order valence-electron chi connectivity index (χ3n) is 7.93. The highest BCUT2D eigenvalue weighted by molar-refractivity contribution is 9.11. The first-order valence-corrected chi connectivity index (χ1v) is 15.6. The highest BCUT2D eigenvalue weighted by atomic mass is 79.9. The lowest BCUT2D eigenvalue weighted by Crippen LogP contribution is -2.45. The van der Waals surface area contributed by atoms with Crippen LogP contribution in [0.5, 0.6) is 5.75 Å². The van der Waals surface area contributed by atoms with Crippen LogP contribution >= 0.6 is 31.9 Å². The van der Waals surface area contributed by atoms with E-state index in [1.807, 2.05) is 6.07 Å². The van der Waals surface area contributed by atoms with Gasteiger partial charge >= 0.3 is 17.8 Å². The number of carboxylic acids is 1. The number of carboxylic acid groups (broad SMARTS) is 1. The van der Waals surface area contributed by atoms with Crippen molar-refractivity contribution in [1.29, 1.82) is 0 Å². The summed E-state index contributed by atoms with van der Waals surface area (Å²) in [6.45, 7) is 3.72. The first-order chi connectivity index (χ1) is 20.2. The second-order valence-electron chi connectivity index (χ2n) is 10.8. The number of carbonyl (C=O) groups excluding carboxylic acids is 2. The lowest BCUT2D eigenvalue weighted by molar-refractivity contribution is -0.147. The number of benzene rings is 2. The molecule has 0 radical (unpaired) electrons. The molecule has 12 heteroatoms. The third kappa shape index (κ3) is 7.03. The van der Waals surface area contributed by atoms with Crippen molar-refractivity contribution in [2.45, 2.75) is 45.1 Å². The van der Waals surface area contributed by atoms with Crippen molar-refractivity contribution in [2.24, 2.45) is 11.8 Å². The molecule has 0 saturated carbocycles. The summed E-state index contributed by atoms with van der Waals surface area (Å²) in [6, 6.07) is 13.9. The first kappa shape index (κ1) is 30.2. The van der Waals surface area contributed by atoms with Crippen LogP contribution in [-0.4, -0.2) is 75.1 Å². The fourth-order valence-corrected chi connectivity index (χ4v) is 6.86. The molecule has 0 bridgehead atoms. The monoisotopic (exact) mass is 702 g/mol. The molecular weight excluding hydrogens is 672 g/mol. The van der Waals surface area contributed by atoms with E-state index < -0.39 is 18.0 Å². The number of halogens is 2. The quantitative estimate of drug-likeness (QED) is 0.329. The molecule has 2 saturated heterocycles. The number of aliphatic carboxylic acids is 1. The predicted molar refractivity (Wildman–Crippen MR) is 161 cm³/mol. The molecule has 0 spiro atoms. The highest BCUT2D eigenvalue weighted by Crippen LogP contribution is 2.38. The number of amides is 2. The Labute approximate surface area is 260 Å². The molecule has 2 aliphatic rings. The predicted octanol–water partition coefficient (Wildman–Crippen LogP) is 5.45. The molecule has 2 aromatic carbocycles. The lowest BCUT2D eigenvalue weighted by atomic mass is 9.90. The first-order valence-electron chi connectivity index (χ1n) is 14.0. The summed E-state index contributed by atoms with van der Waals surface area (Å²) in [6.07, 6.45) is 2.93. The van der Waals surface area contributed by atoms with Gasteiger partial charge in [0.05, 0.1) is 14.9 Å². The summed E-state index contributed by atoms with van der Waals surface area (Å²) >= 11 is 7.03. The summed E-state index contributed by atoms with van der Waals surface area (Å²) in [4.78, 5) is 45.0. The van der Waals surface area contributed by atoms with Crippen LogP contribution in [0.3, 0.4) is 0 Å². The van der Waals surface area contributed by atoms with Crippen LogP contribution in [0.1, 0.15) is 48.9 Å². The van der Waals surface area contributed by atoms with Crippen LogP contribution < -0.4 is 4.74 Å². The SMILES string of the molecule is CC(Oc1c(Br)cc(-c2noc(C(=O)N3CCC(Cc4ccccc4)CC3)n2)cc1Br)C(=O)N1CCC(C(=O)O)CC1. The second-order valence-corrected chi connectivity index (χ2v) is 12.5. The number of ether oxygens (including phenoxy) is 1. The summed E-state index contributed by atoms with van der Waals surface area (Å²) in [5, 5.41) is 13.2. The molecule has 3 heterocycles. The summed E-state index contributed by atoms with van der Waals surface area (Å²) in [5.41, 5.74) is 1.91. The van der Waals surface area contributed by atoms with Crippen LogP contribution in [0.4, 0.5) is 0 Å². The van der Waals surface area contributed by atoms with Gasteiger partial charge in [-0.1, -0.05) is 35.5 Å². The molecule has 2 aliphatic heterocycles. The Morgan fingerprint density at radius 1 is 1.00 bits per heavy atom. The number of hydrogen-bond donors (Lipinski definition) is 1. The smallest absolute Gasteiger partial charge is 0.316 e. The molecule has 5 rings (SSSR count). The van der Waals surface area contributed by atoms with Gasteiger partial charge in [0.1, 0.15) is 5.75 Å². The summed E-state index contributed by atoms with van der Waals surface area (Å²) in [5.74, 6) is -0.543. The van der Waals surface area contributed by atoms with Crippen LogP contribution in [0.15, 0.2) is 55.9 Å². The minimum absolute atomic E-state index is 0.0510. The minimum Gasteiger partial charge on any atom is -0.481 e. The Kier molecular flexibility index (Phi) is 9.62. The van der Waals surface area contributed by atoms with E-state index in [1.165, 1.54) is 5.56 Å². The van der Waals surface area contributed by atoms with Gasteiger partial charge in [-0.25, -0.2) is 0 Å². The Morgan fingerprint density at radius 2 is 1.62 bits per heavy atom. The Hall–Kier alpha value is -3.25. The van der Waals surface area contributed by atoms with Crippen LogP contribution in [-0.2, 0) is 16.0 Å². The van der Waals surface area contributed by atoms with E-state index >= 15 is 0 Å². The Balaban J connectivity index is 1.18. The van der Waals surface area contributed by atoms with Gasteiger partial charge in [-0.3, -0.25) is 14.4 Å². The number of likely N-dealkylation sites (tertiary alicyclic amines) is 2. The molecular formula is C30H32Br2N4O6. The maximum Gasteiger partial charge on any atom is 0.316 e. The third-order valence-corrected chi connectivity index (χ3v) is 9.11. The number of aromatic nitrogens is 2. The van der Waals surface area contributed by atoms with Gasteiger partial charge in [0, 0.05) is 31.7 Å². The van der Waals surface area contributed by atoms with Crippen molar-refractivity contribution in [3.8, 4) is 17.1 Å². The fraction of sp³-hybridized carbons (Fsp3) is 0.433. The number of piperidine rings is 2. The zero-order chi connectivity index (χ0) is 29.8. The summed E-state index contributed by atoms with van der Waals surface area (Å²) in [7, 11) is 0. The van der Waals surface area contributed by atoms with E-state index in [0.29, 0.717) is 65.2 Å². The van der Waals surface area contributed by atoms with Gasteiger partial charge < -0.3 is 24.2 Å². The van der Waals surface area contributed by atoms with Gasteiger partial charge in [-0.05, 0) is 94.5 Å². The molecule has 2 amide bonds. The van der Waals surface area contributed by atoms with Crippen molar-refractivity contribution < 1.29 is 28.8 Å². The molecule has 0 aliphatic carbocycles. The zero-order valence-corrected chi connectivity index (χ0v) is 26.3. The largest absolute Gasteiger partial charge is 0.481 e. The van der Waals surface area contributed by atoms with Crippen LogP contribution in [0.25, 0.3) is 11.4 Å². The topological polar surface area (TPSA) is 126 Å². The van der Waals surface area contributed by atoms with Gasteiger partial charge in [-0.2, -0.15) is 4.98 Å². The van der Waals surface area contributed by atoms with Crippen molar-refractivity contribution in [3.05, 3.63) is 62.9 Å². The van der Waals surface area contributed by atoms with Crippen molar-refractivity contribution >= 4 is 49.6 Å². The Bertz CT molecular complexity index is 1410. The average molecular weight is 704 g/mol. The standard InChI is InChI=1S/C30H32Br2N4O6/c1-18(28(37)35-13-9-21(10-14-35)30(39)40)41-25-23(31)16-22(17-24(25)32)26-33-27(42-34-26)29(38)36-11-7-20(8-12-36)15-19-5-3-2-4-6-19/h2-6,16-18,20-21H,7-15H2,1H3,(H,39,40). The number of carbonyl (C=O) groups is 3.